The van der Waals surface area contributed by atoms with E-state index in [0.29, 0.717) is 6.42 Å². The predicted molar refractivity (Wildman–Crippen MR) is 70.5 cm³/mol. The third kappa shape index (κ3) is 2.14. The predicted octanol–water partition coefficient (Wildman–Crippen LogP) is 1.53. The first kappa shape index (κ1) is 14.4. The third-order valence-electron chi connectivity index (χ3n) is 3.45. The fourth-order valence-corrected chi connectivity index (χ4v) is 2.44. The number of rotatable bonds is 5. The highest BCUT2D eigenvalue weighted by atomic mass is 16.6. The van der Waals surface area contributed by atoms with E-state index >= 15 is 0 Å². The average molecular weight is 276 g/mol. The van der Waals surface area contributed by atoms with E-state index in [4.69, 9.17) is 9.84 Å². The molecule has 0 unspecified atom stereocenters. The number of fused-ring (bicyclic) bond motifs is 1. The highest BCUT2D eigenvalue weighted by Crippen LogP contribution is 2.36. The van der Waals surface area contributed by atoms with Crippen LogP contribution in [0.5, 0.6) is 0 Å². The molecule has 0 radical (unpaired) electrons. The first-order valence-corrected chi connectivity index (χ1v) is 6.58. The highest BCUT2D eigenvalue weighted by molar-refractivity contribution is 6.32. The van der Waals surface area contributed by atoms with Gasteiger partial charge in [-0.25, -0.2) is 4.79 Å². The molecule has 1 aromatic rings. The Labute approximate surface area is 116 Å². The highest BCUT2D eigenvalue weighted by Gasteiger charge is 2.55. The Kier molecular flexibility index (Phi) is 3.99. The third-order valence-corrected chi connectivity index (χ3v) is 3.45. The minimum Gasteiger partial charge on any atom is -0.440 e. The summed E-state index contributed by atoms with van der Waals surface area (Å²) in [6.07, 6.45) is 1.47. The molecule has 0 saturated heterocycles. The van der Waals surface area contributed by atoms with Crippen LogP contribution in [0.25, 0.3) is 0 Å². The number of carbonyl (C=O) groups excluding carboxylic acids is 3. The molecule has 5 nitrogen and oxygen atoms in total. The van der Waals surface area contributed by atoms with Gasteiger partial charge >= 0.3 is 5.97 Å². The second-order valence-corrected chi connectivity index (χ2v) is 4.77. The lowest BCUT2D eigenvalue weighted by molar-refractivity contribution is -0.155. The minimum absolute atomic E-state index is 0.140. The van der Waals surface area contributed by atoms with Crippen molar-refractivity contribution < 1.29 is 24.2 Å². The number of hydrogen-bond donors (Lipinski definition) is 1. The van der Waals surface area contributed by atoms with E-state index in [2.05, 4.69) is 0 Å². The molecule has 106 valence electrons. The Bertz CT molecular complexity index is 526. The molecule has 0 heterocycles. The Morgan fingerprint density at radius 3 is 2.20 bits per heavy atom. The average Bonchev–Trinajstić information content (AvgIpc) is 2.68. The molecule has 0 atom stereocenters. The maximum Gasteiger partial charge on any atom is 0.333 e. The number of aliphatic hydroxyl groups excluding tert-OH is 1. The van der Waals surface area contributed by atoms with Crippen LogP contribution in [0.4, 0.5) is 0 Å². The van der Waals surface area contributed by atoms with Crippen LogP contribution in [0.3, 0.4) is 0 Å². The molecule has 0 aromatic heterocycles. The van der Waals surface area contributed by atoms with E-state index < -0.39 is 29.7 Å². The zero-order valence-electron chi connectivity index (χ0n) is 11.2. The summed E-state index contributed by atoms with van der Waals surface area (Å²) in [5.74, 6) is -1.95. The van der Waals surface area contributed by atoms with Crippen molar-refractivity contribution in [1.82, 2.24) is 0 Å². The summed E-state index contributed by atoms with van der Waals surface area (Å²) in [5, 5.41) is 8.83. The molecular weight excluding hydrogens is 260 g/mol. The van der Waals surface area contributed by atoms with Gasteiger partial charge in [-0.1, -0.05) is 37.6 Å². The normalized spacial score (nSPS) is 16.1. The first-order chi connectivity index (χ1) is 9.56. The Morgan fingerprint density at radius 2 is 1.75 bits per heavy atom. The Morgan fingerprint density at radius 1 is 1.20 bits per heavy atom. The molecule has 20 heavy (non-hydrogen) atoms. The summed E-state index contributed by atoms with van der Waals surface area (Å²) in [7, 11) is 0. The van der Waals surface area contributed by atoms with Gasteiger partial charge in [0.25, 0.3) is 0 Å². The van der Waals surface area contributed by atoms with Crippen molar-refractivity contribution >= 4 is 17.5 Å². The second kappa shape index (κ2) is 5.54. The van der Waals surface area contributed by atoms with E-state index in [9.17, 15) is 14.4 Å². The summed E-state index contributed by atoms with van der Waals surface area (Å²) in [4.78, 5) is 36.4. The van der Waals surface area contributed by atoms with E-state index in [1.54, 1.807) is 24.3 Å². The molecule has 1 aliphatic carbocycles. The van der Waals surface area contributed by atoms with E-state index in [1.807, 2.05) is 6.92 Å². The van der Waals surface area contributed by atoms with Crippen molar-refractivity contribution in [2.24, 2.45) is 0 Å². The van der Waals surface area contributed by atoms with Gasteiger partial charge in [0.05, 0.1) is 0 Å². The standard InChI is InChI=1S/C15H16O5/c1-2-3-8-15(20-12(17)9-16)13(18)10-6-4-5-7-11(10)14(15)19/h4-7,16H,2-3,8-9H2,1H3. The number of ketones is 2. The maximum absolute atomic E-state index is 12.5. The van der Waals surface area contributed by atoms with E-state index in [-0.39, 0.29) is 17.5 Å². The van der Waals surface area contributed by atoms with Crippen LogP contribution in [0.2, 0.25) is 0 Å². The first-order valence-electron chi connectivity index (χ1n) is 6.58. The number of esters is 1. The van der Waals surface area contributed by atoms with E-state index in [1.165, 1.54) is 0 Å². The monoisotopic (exact) mass is 276 g/mol. The molecule has 0 aliphatic heterocycles. The molecule has 5 heteroatoms. The molecular formula is C15H16O5. The van der Waals surface area contributed by atoms with Crippen LogP contribution in [0, 0.1) is 0 Å². The molecule has 0 fully saturated rings. The summed E-state index contributed by atoms with van der Waals surface area (Å²) >= 11 is 0. The number of benzene rings is 1. The topological polar surface area (TPSA) is 80.7 Å². The molecule has 1 aromatic carbocycles. The molecule has 2 rings (SSSR count). The van der Waals surface area contributed by atoms with Gasteiger partial charge in [-0.15, -0.1) is 0 Å². The van der Waals surface area contributed by atoms with Crippen LogP contribution in [0.1, 0.15) is 46.9 Å². The molecule has 0 saturated carbocycles. The lowest BCUT2D eigenvalue weighted by Gasteiger charge is -2.25. The molecule has 1 N–H and O–H groups in total. The van der Waals surface area contributed by atoms with Gasteiger partial charge in [0.1, 0.15) is 6.61 Å². The molecule has 0 spiro atoms. The zero-order chi connectivity index (χ0) is 14.8. The number of hydrogen-bond acceptors (Lipinski definition) is 5. The van der Waals surface area contributed by atoms with Gasteiger partial charge in [0.2, 0.25) is 17.2 Å². The Balaban J connectivity index is 2.45. The fourth-order valence-electron chi connectivity index (χ4n) is 2.44. The van der Waals surface area contributed by atoms with Crippen molar-refractivity contribution in [3.05, 3.63) is 35.4 Å². The number of Topliss-reactive ketones (excluding diaryl/α,β-unsaturated/α-hetero) is 2. The van der Waals surface area contributed by atoms with Gasteiger partial charge in [-0.2, -0.15) is 0 Å². The minimum atomic E-state index is -1.79. The second-order valence-electron chi connectivity index (χ2n) is 4.77. The van der Waals surface area contributed by atoms with Crippen molar-refractivity contribution in [3.8, 4) is 0 Å². The van der Waals surface area contributed by atoms with E-state index in [0.717, 1.165) is 6.42 Å². The number of unbranched alkanes of at least 4 members (excludes halogenated alkanes) is 1. The van der Waals surface area contributed by atoms with Gasteiger partial charge in [-0.3, -0.25) is 9.59 Å². The largest absolute Gasteiger partial charge is 0.440 e. The van der Waals surface area contributed by atoms with Gasteiger partial charge in [0, 0.05) is 17.5 Å². The van der Waals surface area contributed by atoms with Crippen molar-refractivity contribution in [1.29, 1.82) is 0 Å². The summed E-state index contributed by atoms with van der Waals surface area (Å²) in [6, 6.07) is 6.42. The SMILES string of the molecule is CCCCC1(OC(=O)CO)C(=O)c2ccccc2C1=O. The lowest BCUT2D eigenvalue weighted by Crippen LogP contribution is -2.46. The van der Waals surface area contributed by atoms with Crippen LogP contribution in [-0.4, -0.2) is 34.9 Å². The van der Waals surface area contributed by atoms with Gasteiger partial charge < -0.3 is 9.84 Å². The maximum atomic E-state index is 12.5. The number of ether oxygens (including phenoxy) is 1. The van der Waals surface area contributed by atoms with Crippen molar-refractivity contribution in [3.63, 3.8) is 0 Å². The van der Waals surface area contributed by atoms with Crippen molar-refractivity contribution in [2.45, 2.75) is 31.8 Å². The summed E-state index contributed by atoms with van der Waals surface area (Å²) in [5.41, 5.74) is -1.24. The van der Waals surface area contributed by atoms with Crippen molar-refractivity contribution in [2.75, 3.05) is 6.61 Å². The molecule has 1 aliphatic rings. The molecule has 0 amide bonds. The van der Waals surface area contributed by atoms with Crippen LogP contribution < -0.4 is 0 Å². The molecule has 0 bridgehead atoms. The smallest absolute Gasteiger partial charge is 0.333 e. The summed E-state index contributed by atoms with van der Waals surface area (Å²) in [6.45, 7) is 1.06. The quantitative estimate of drug-likeness (QED) is 0.651. The van der Waals surface area contributed by atoms with Gasteiger partial charge in [0.15, 0.2) is 0 Å². The fraction of sp³-hybridized carbons (Fsp3) is 0.400. The zero-order valence-corrected chi connectivity index (χ0v) is 11.2. The number of carbonyl (C=O) groups is 3. The van der Waals surface area contributed by atoms with Crippen LogP contribution in [-0.2, 0) is 9.53 Å². The van der Waals surface area contributed by atoms with Crippen LogP contribution in [0.15, 0.2) is 24.3 Å². The Hall–Kier alpha value is -2.01. The van der Waals surface area contributed by atoms with Crippen LogP contribution >= 0.6 is 0 Å². The van der Waals surface area contributed by atoms with Gasteiger partial charge in [-0.05, 0) is 6.42 Å². The number of aliphatic hydroxyl groups is 1. The summed E-state index contributed by atoms with van der Waals surface area (Å²) < 4.78 is 5.07. The lowest BCUT2D eigenvalue weighted by atomic mass is 9.91.